The van der Waals surface area contributed by atoms with Crippen LogP contribution in [0.1, 0.15) is 6.42 Å². The largest absolute Gasteiger partial charge is 0.512 e. The molecule has 0 fully saturated rings. The van der Waals surface area contributed by atoms with Gasteiger partial charge < -0.3 is 44.2 Å². The molecule has 4 rings (SSSR count). The van der Waals surface area contributed by atoms with Gasteiger partial charge in [-0.1, -0.05) is 54.7 Å². The molecule has 164 valence electrons. The molecule has 13 N–H and O–H groups in total. The first-order valence-electron chi connectivity index (χ1n) is 10.0. The summed E-state index contributed by atoms with van der Waals surface area (Å²) < 4.78 is 5.86. The van der Waals surface area contributed by atoms with Gasteiger partial charge in [-0.2, -0.15) is 0 Å². The fourth-order valence-electron chi connectivity index (χ4n) is 3.83. The lowest BCUT2D eigenvalue weighted by Crippen LogP contribution is -2.41. The molecule has 8 heteroatoms. The number of rotatable bonds is 2. The van der Waals surface area contributed by atoms with Crippen LogP contribution in [0.25, 0.3) is 0 Å². The molecule has 0 aromatic rings. The molecular weight excluding hydrogens is 404 g/mol. The average molecular weight is 431 g/mol. The number of hydrogen-bond acceptors (Lipinski definition) is 8. The van der Waals surface area contributed by atoms with Crippen molar-refractivity contribution in [3.63, 3.8) is 0 Å². The summed E-state index contributed by atoms with van der Waals surface area (Å²) in [6.07, 6.45) is 18.6. The van der Waals surface area contributed by atoms with Crippen molar-refractivity contribution in [3.8, 4) is 0 Å². The lowest BCUT2D eigenvalue weighted by molar-refractivity contribution is 0.159. The molecule has 4 aliphatic rings. The van der Waals surface area contributed by atoms with Gasteiger partial charge in [-0.05, 0) is 22.8 Å². The summed E-state index contributed by atoms with van der Waals surface area (Å²) in [4.78, 5) is 0. The summed E-state index contributed by atoms with van der Waals surface area (Å²) in [5.74, 6) is 0.434. The van der Waals surface area contributed by atoms with Gasteiger partial charge in [0.1, 0.15) is 0 Å². The van der Waals surface area contributed by atoms with E-state index in [-0.39, 0.29) is 28.7 Å². The molecule has 0 saturated heterocycles. The molecule has 32 heavy (non-hydrogen) atoms. The maximum Gasteiger partial charge on any atom is 0.195 e. The Hall–Kier alpha value is -4.46. The zero-order chi connectivity index (χ0) is 23.0. The van der Waals surface area contributed by atoms with Gasteiger partial charge in [0, 0.05) is 12.0 Å². The Balaban J connectivity index is 1.70. The van der Waals surface area contributed by atoms with Gasteiger partial charge in [0.25, 0.3) is 0 Å². The van der Waals surface area contributed by atoms with Crippen LogP contribution in [-0.4, -0.2) is 11.2 Å². The number of hydrogen-bond donors (Lipinski definition) is 7. The van der Waals surface area contributed by atoms with Crippen LogP contribution >= 0.6 is 0 Å². The Morgan fingerprint density at radius 1 is 0.719 bits per heavy atom. The minimum atomic E-state index is -0.787. The van der Waals surface area contributed by atoms with Crippen molar-refractivity contribution in [3.05, 3.63) is 129 Å². The Morgan fingerprint density at radius 2 is 1.38 bits per heavy atom. The molecule has 0 amide bonds. The zero-order valence-electron chi connectivity index (χ0n) is 17.4. The Labute approximate surface area is 185 Å². The highest BCUT2D eigenvalue weighted by molar-refractivity contribution is 5.65. The van der Waals surface area contributed by atoms with E-state index in [2.05, 4.69) is 0 Å². The standard InChI is InChI=1S/C24H26N6O2/c25-18-16(24(30)32-23-17(18)19(26)20(27)21(28)22(23)29)14-7-1-4-12(5-2-8-14)13-6-3-9-15(31)11-10-13/h1-8,10-11,23,31H,9,25-30H2. The molecule has 0 saturated carbocycles. The monoisotopic (exact) mass is 430 g/mol. The lowest BCUT2D eigenvalue weighted by atomic mass is 9.87. The lowest BCUT2D eigenvalue weighted by Gasteiger charge is -2.34. The summed E-state index contributed by atoms with van der Waals surface area (Å²) in [6, 6.07) is 0. The van der Waals surface area contributed by atoms with Gasteiger partial charge in [-0.15, -0.1) is 0 Å². The number of nitrogens with two attached hydrogens (primary N) is 6. The second kappa shape index (κ2) is 7.99. The normalized spacial score (nSPS) is 23.6. The maximum absolute atomic E-state index is 9.70. The third-order valence-corrected chi connectivity index (χ3v) is 5.58. The Bertz CT molecular complexity index is 1230. The van der Waals surface area contributed by atoms with Crippen molar-refractivity contribution in [1.82, 2.24) is 0 Å². The first-order chi connectivity index (χ1) is 15.3. The highest BCUT2D eigenvalue weighted by Crippen LogP contribution is 2.38. The van der Waals surface area contributed by atoms with Crippen LogP contribution in [0.15, 0.2) is 129 Å². The molecule has 3 aliphatic carbocycles. The molecule has 0 bridgehead atoms. The number of aliphatic hydroxyl groups excluding tert-OH is 1. The molecule has 0 aromatic carbocycles. The third-order valence-electron chi connectivity index (χ3n) is 5.58. The van der Waals surface area contributed by atoms with Crippen LogP contribution in [0, 0.1) is 0 Å². The van der Waals surface area contributed by atoms with Crippen LogP contribution in [-0.2, 0) is 4.74 Å². The maximum atomic E-state index is 9.70. The predicted molar refractivity (Wildman–Crippen MR) is 125 cm³/mol. The molecule has 1 aliphatic heterocycles. The molecule has 1 unspecified atom stereocenters. The van der Waals surface area contributed by atoms with Crippen LogP contribution in [0.5, 0.6) is 0 Å². The van der Waals surface area contributed by atoms with E-state index < -0.39 is 6.10 Å². The summed E-state index contributed by atoms with van der Waals surface area (Å²) in [7, 11) is 0. The fraction of sp³-hybridized carbons (Fsp3) is 0.0833. The molecule has 0 radical (unpaired) electrons. The van der Waals surface area contributed by atoms with Gasteiger partial charge in [0.2, 0.25) is 0 Å². The van der Waals surface area contributed by atoms with Crippen LogP contribution in [0.3, 0.4) is 0 Å². The van der Waals surface area contributed by atoms with E-state index in [4.69, 9.17) is 39.1 Å². The molecule has 1 atom stereocenters. The topological polar surface area (TPSA) is 186 Å². The van der Waals surface area contributed by atoms with Gasteiger partial charge in [0.05, 0.1) is 39.8 Å². The minimum absolute atomic E-state index is 0.115. The van der Waals surface area contributed by atoms with E-state index in [9.17, 15) is 5.11 Å². The zero-order valence-corrected chi connectivity index (χ0v) is 17.4. The van der Waals surface area contributed by atoms with E-state index >= 15 is 0 Å². The number of allylic oxidation sites excluding steroid dienone is 13. The van der Waals surface area contributed by atoms with E-state index in [0.717, 1.165) is 16.7 Å². The van der Waals surface area contributed by atoms with Crippen molar-refractivity contribution in [2.45, 2.75) is 12.5 Å². The number of ether oxygens (including phenoxy) is 1. The Kier molecular flexibility index (Phi) is 5.19. The summed E-state index contributed by atoms with van der Waals surface area (Å²) in [6.45, 7) is 0. The van der Waals surface area contributed by atoms with E-state index in [1.807, 2.05) is 54.7 Å². The van der Waals surface area contributed by atoms with Gasteiger partial charge in [-0.25, -0.2) is 0 Å². The SMILES string of the molecule is NC1=C(C2=CC=CC(C3=CC=C(O)CC=C3)=CC=C2)C(N)=C2C(N)=C(N)C(N)=C(N)C2O1. The predicted octanol–water partition coefficient (Wildman–Crippen LogP) is 1.35. The molecule has 0 aromatic heterocycles. The highest BCUT2D eigenvalue weighted by Gasteiger charge is 2.37. The minimum Gasteiger partial charge on any atom is -0.512 e. The molecule has 8 nitrogen and oxygen atoms in total. The van der Waals surface area contributed by atoms with Crippen molar-refractivity contribution in [2.24, 2.45) is 34.4 Å². The summed E-state index contributed by atoms with van der Waals surface area (Å²) in [5.41, 5.74) is 41.7. The van der Waals surface area contributed by atoms with Crippen molar-refractivity contribution < 1.29 is 9.84 Å². The second-order valence-corrected chi connectivity index (χ2v) is 7.61. The quantitative estimate of drug-likeness (QED) is 0.342. The smallest absolute Gasteiger partial charge is 0.195 e. The first kappa shape index (κ1) is 20.8. The number of aliphatic hydroxyl groups is 1. The van der Waals surface area contributed by atoms with Crippen molar-refractivity contribution in [2.75, 3.05) is 0 Å². The van der Waals surface area contributed by atoms with Gasteiger partial charge in [-0.3, -0.25) is 0 Å². The van der Waals surface area contributed by atoms with E-state index in [0.29, 0.717) is 29.0 Å². The van der Waals surface area contributed by atoms with Crippen molar-refractivity contribution >= 4 is 0 Å². The second-order valence-electron chi connectivity index (χ2n) is 7.61. The average Bonchev–Trinajstić information content (AvgIpc) is 2.96. The van der Waals surface area contributed by atoms with Gasteiger partial charge in [0.15, 0.2) is 12.0 Å². The highest BCUT2D eigenvalue weighted by atomic mass is 16.5. The molecule has 1 heterocycles. The Morgan fingerprint density at radius 3 is 2.12 bits per heavy atom. The van der Waals surface area contributed by atoms with Crippen LogP contribution < -0.4 is 34.4 Å². The van der Waals surface area contributed by atoms with Gasteiger partial charge >= 0.3 is 0 Å². The molecule has 0 spiro atoms. The summed E-state index contributed by atoms with van der Waals surface area (Å²) >= 11 is 0. The van der Waals surface area contributed by atoms with Crippen LogP contribution in [0.4, 0.5) is 0 Å². The van der Waals surface area contributed by atoms with E-state index in [1.165, 1.54) is 0 Å². The van der Waals surface area contributed by atoms with Crippen LogP contribution in [0.2, 0.25) is 0 Å². The summed E-state index contributed by atoms with van der Waals surface area (Å²) in [5, 5.41) is 9.70. The molecular formula is C24H26N6O2. The van der Waals surface area contributed by atoms with E-state index in [1.54, 1.807) is 6.08 Å². The third kappa shape index (κ3) is 3.47. The first-order valence-corrected chi connectivity index (χ1v) is 10.0. The number of fused-ring (bicyclic) bond motifs is 1. The van der Waals surface area contributed by atoms with Crippen molar-refractivity contribution in [1.29, 1.82) is 0 Å². The fourth-order valence-corrected chi connectivity index (χ4v) is 3.83.